The normalized spacial score (nSPS) is 17.8. The molecule has 2 aromatic rings. The van der Waals surface area contributed by atoms with Crippen molar-refractivity contribution < 1.29 is 43.0 Å². The van der Waals surface area contributed by atoms with Crippen LogP contribution in [0.5, 0.6) is 0 Å². The molecule has 18 nitrogen and oxygen atoms in total. The number of carbonyl (C=O) groups is 5. The summed E-state index contributed by atoms with van der Waals surface area (Å²) < 4.78 is 20.3. The molecule has 2 aromatic heterocycles. The van der Waals surface area contributed by atoms with Crippen LogP contribution in [0.4, 0.5) is 9.93 Å². The van der Waals surface area contributed by atoms with E-state index < -0.39 is 59.1 Å². The number of ether oxygens (including phenoxy) is 3. The number of hydrogen-bond donors (Lipinski definition) is 3. The van der Waals surface area contributed by atoms with Gasteiger partial charge in [0.15, 0.2) is 9.47 Å². The zero-order valence-corrected chi connectivity index (χ0v) is 31.3. The average molecular weight is 772 g/mol. The first-order valence-corrected chi connectivity index (χ1v) is 18.7. The van der Waals surface area contributed by atoms with E-state index in [0.717, 1.165) is 11.5 Å². The minimum absolute atomic E-state index is 0.000714. The minimum Gasteiger partial charge on any atom is -0.444 e. The third kappa shape index (κ3) is 10.5. The number of thioether (sulfide) groups is 2. The van der Waals surface area contributed by atoms with Gasteiger partial charge in [0, 0.05) is 36.0 Å². The number of nitrogen functional groups attached to an aromatic ring is 1. The van der Waals surface area contributed by atoms with Gasteiger partial charge in [-0.3, -0.25) is 19.3 Å². The van der Waals surface area contributed by atoms with Gasteiger partial charge in [-0.2, -0.15) is 9.36 Å². The van der Waals surface area contributed by atoms with E-state index in [4.69, 9.17) is 24.8 Å². The summed E-state index contributed by atoms with van der Waals surface area (Å²) >= 11 is 4.84. The lowest BCUT2D eigenvalue weighted by molar-refractivity contribution is -0.173. The summed E-state index contributed by atoms with van der Waals surface area (Å²) in [5.74, 6) is -2.30. The molecule has 1 fully saturated rings. The molecule has 4 heterocycles. The van der Waals surface area contributed by atoms with Gasteiger partial charge in [-0.05, 0) is 47.1 Å². The minimum atomic E-state index is -1.05. The molecule has 2 unspecified atom stereocenters. The van der Waals surface area contributed by atoms with Crippen LogP contribution >= 0.6 is 46.4 Å². The molecule has 2 aliphatic heterocycles. The molecule has 22 heteroatoms. The summed E-state index contributed by atoms with van der Waals surface area (Å²) in [6.45, 7) is 9.81. The van der Waals surface area contributed by atoms with Crippen LogP contribution in [0, 0.1) is 5.41 Å². The van der Waals surface area contributed by atoms with Gasteiger partial charge in [0.05, 0.1) is 5.41 Å². The number of amides is 3. The molecular formula is C28H37N9O9S4. The van der Waals surface area contributed by atoms with E-state index in [0.29, 0.717) is 27.8 Å². The number of oxime groups is 1. The van der Waals surface area contributed by atoms with Crippen LogP contribution in [0.25, 0.3) is 0 Å². The first-order chi connectivity index (χ1) is 23.5. The summed E-state index contributed by atoms with van der Waals surface area (Å²) in [6, 6.07) is -1.05. The van der Waals surface area contributed by atoms with E-state index in [2.05, 4.69) is 35.3 Å². The Hall–Kier alpha value is -4.02. The number of esters is 2. The van der Waals surface area contributed by atoms with Crippen molar-refractivity contribution in [1.29, 1.82) is 0 Å². The maximum Gasteiger partial charge on any atom is 0.407 e. The van der Waals surface area contributed by atoms with Crippen LogP contribution in [0.3, 0.4) is 0 Å². The number of nitrogens with zero attached hydrogens (tertiary/aromatic N) is 6. The molecular weight excluding hydrogens is 735 g/mol. The molecule has 3 amide bonds. The van der Waals surface area contributed by atoms with E-state index in [9.17, 15) is 24.0 Å². The Morgan fingerprint density at radius 2 is 1.92 bits per heavy atom. The van der Waals surface area contributed by atoms with E-state index in [1.54, 1.807) is 47.1 Å². The highest BCUT2D eigenvalue weighted by molar-refractivity contribution is 8.01. The number of nitrogens with two attached hydrogens (primary N) is 1. The Balaban J connectivity index is 1.43. The Labute approximate surface area is 303 Å². The second kappa shape index (κ2) is 16.8. The highest BCUT2D eigenvalue weighted by Crippen LogP contribution is 2.42. The van der Waals surface area contributed by atoms with Gasteiger partial charge in [0.1, 0.15) is 34.8 Å². The van der Waals surface area contributed by atoms with Crippen molar-refractivity contribution in [3.8, 4) is 0 Å². The highest BCUT2D eigenvalue weighted by atomic mass is 32.2. The Morgan fingerprint density at radius 3 is 2.56 bits per heavy atom. The lowest BCUT2D eigenvalue weighted by atomic mass is 9.98. The number of carbonyl (C=O) groups excluding carboxylic acids is 5. The summed E-state index contributed by atoms with van der Waals surface area (Å²) in [4.78, 5) is 75.0. The first kappa shape index (κ1) is 38.8. The lowest BCUT2D eigenvalue weighted by Crippen LogP contribution is -2.71. The second-order valence-electron chi connectivity index (χ2n) is 12.5. The number of rotatable bonds is 14. The summed E-state index contributed by atoms with van der Waals surface area (Å²) in [5.41, 5.74) is 6.12. The number of anilines is 1. The molecule has 0 aliphatic carbocycles. The number of β-lactam (4-membered cyclic amide) rings is 1. The van der Waals surface area contributed by atoms with Crippen molar-refractivity contribution in [2.45, 2.75) is 69.3 Å². The van der Waals surface area contributed by atoms with Crippen LogP contribution in [-0.2, 0) is 38.2 Å². The number of nitrogens with one attached hydrogen (secondary N) is 2. The number of aromatic nitrogens is 4. The van der Waals surface area contributed by atoms with Crippen LogP contribution in [0.1, 0.15) is 53.8 Å². The monoisotopic (exact) mass is 771 g/mol. The molecule has 4 N–H and O–H groups in total. The smallest absolute Gasteiger partial charge is 0.407 e. The molecule has 272 valence electrons. The first-order valence-electron chi connectivity index (χ1n) is 15.0. The van der Waals surface area contributed by atoms with Gasteiger partial charge in [-0.1, -0.05) is 28.3 Å². The molecule has 50 heavy (non-hydrogen) atoms. The van der Waals surface area contributed by atoms with Crippen LogP contribution in [-0.4, -0.2) is 108 Å². The zero-order chi connectivity index (χ0) is 36.6. The summed E-state index contributed by atoms with van der Waals surface area (Å²) in [6.07, 6.45) is -0.250. The van der Waals surface area contributed by atoms with Gasteiger partial charge < -0.3 is 35.4 Å². The molecule has 0 aromatic carbocycles. The number of alkyl carbamates (subject to hydrolysis) is 1. The van der Waals surface area contributed by atoms with Crippen molar-refractivity contribution in [3.63, 3.8) is 0 Å². The molecule has 0 bridgehead atoms. The zero-order valence-electron chi connectivity index (χ0n) is 28.0. The summed E-state index contributed by atoms with van der Waals surface area (Å²) in [5, 5.41) is 16.4. The quantitative estimate of drug-likeness (QED) is 0.0474. The fourth-order valence-electron chi connectivity index (χ4n) is 4.06. The van der Waals surface area contributed by atoms with E-state index in [-0.39, 0.29) is 35.5 Å². The fraction of sp³-hybridized carbons (Fsp3) is 0.571. The predicted molar refractivity (Wildman–Crippen MR) is 185 cm³/mol. The standard InChI is InChI=1S/C28H37N9O9S4/c1-27(2,3)23(41)44-13-43-22(40)17-14(11-48-26-34-31-12-49-26)10-47-21-16(20(39)37(17)21)32-19(38)15(18-33-24(29)50-36-18)35-45-9-7-8-30-25(42)46-28(4,5)6/h12,16,21H,7-11,13H2,1-6H3,(H,30,42)(H,32,38)(H2,29,33,36)/b35-15+. The van der Waals surface area contributed by atoms with Crippen molar-refractivity contribution in [1.82, 2.24) is 35.1 Å². The Kier molecular flexibility index (Phi) is 13.0. The van der Waals surface area contributed by atoms with Crippen molar-refractivity contribution in [2.24, 2.45) is 10.6 Å². The molecule has 1 saturated heterocycles. The average Bonchev–Trinajstić information content (AvgIpc) is 3.72. The topological polar surface area (TPSA) is 240 Å². The van der Waals surface area contributed by atoms with Gasteiger partial charge in [0.2, 0.25) is 18.3 Å². The summed E-state index contributed by atoms with van der Waals surface area (Å²) in [7, 11) is 0. The van der Waals surface area contributed by atoms with E-state index >= 15 is 0 Å². The van der Waals surface area contributed by atoms with E-state index in [1.165, 1.54) is 39.8 Å². The van der Waals surface area contributed by atoms with Crippen LogP contribution < -0.4 is 16.4 Å². The Bertz CT molecular complexity index is 1630. The third-order valence-corrected chi connectivity index (χ3v) is 10.2. The van der Waals surface area contributed by atoms with Gasteiger partial charge in [0.25, 0.3) is 11.8 Å². The van der Waals surface area contributed by atoms with Gasteiger partial charge >= 0.3 is 18.0 Å². The maximum absolute atomic E-state index is 13.6. The molecule has 0 radical (unpaired) electrons. The van der Waals surface area contributed by atoms with Crippen LogP contribution in [0.2, 0.25) is 0 Å². The van der Waals surface area contributed by atoms with Gasteiger partial charge in [-0.15, -0.1) is 22.0 Å². The number of fused-ring (bicyclic) bond motifs is 1. The van der Waals surface area contributed by atoms with Crippen LogP contribution in [0.15, 0.2) is 26.3 Å². The molecule has 4 rings (SSSR count). The molecule has 0 saturated carbocycles. The van der Waals surface area contributed by atoms with Gasteiger partial charge in [-0.25, -0.2) is 9.59 Å². The number of hydrogen-bond acceptors (Lipinski definition) is 19. The maximum atomic E-state index is 13.6. The third-order valence-electron chi connectivity index (χ3n) is 6.33. The highest BCUT2D eigenvalue weighted by Gasteiger charge is 2.55. The molecule has 0 spiro atoms. The van der Waals surface area contributed by atoms with Crippen molar-refractivity contribution in [3.05, 3.63) is 22.6 Å². The molecule has 2 atom stereocenters. The Morgan fingerprint density at radius 1 is 1.16 bits per heavy atom. The van der Waals surface area contributed by atoms with E-state index in [1.807, 2.05) is 0 Å². The van der Waals surface area contributed by atoms with Crippen molar-refractivity contribution in [2.75, 3.05) is 37.2 Å². The fourth-order valence-corrected chi connectivity index (χ4v) is 7.46. The second-order valence-corrected chi connectivity index (χ2v) is 16.5. The molecule has 2 aliphatic rings. The lowest BCUT2D eigenvalue weighted by Gasteiger charge is -2.49. The SMILES string of the molecule is CC(C)(C)OC(=O)NCCCO/N=C(/C(=O)NC1C(=O)N2C(C(=O)OCOC(=O)C(C)(C)C)=C(CSc3nncs3)CSC12)c1nsc(N)n1. The predicted octanol–water partition coefficient (Wildman–Crippen LogP) is 2.14. The largest absolute Gasteiger partial charge is 0.444 e. The van der Waals surface area contributed by atoms with Crippen molar-refractivity contribution >= 4 is 87.1 Å².